The van der Waals surface area contributed by atoms with Gasteiger partial charge < -0.3 is 9.67 Å². The summed E-state index contributed by atoms with van der Waals surface area (Å²) in [6.45, 7) is 5.41. The van der Waals surface area contributed by atoms with E-state index in [1.165, 1.54) is 4.57 Å². The Morgan fingerprint density at radius 2 is 2.14 bits per heavy atom. The standard InChI is InChI=1S/C10H14BrNO2/c1-7-4-8(11)5-12(9(7)13)6-10(2,3)14/h4-5,14H,6H2,1-3H3. The number of hydrogen-bond acceptors (Lipinski definition) is 2. The number of aryl methyl sites for hydroxylation is 1. The van der Waals surface area contributed by atoms with E-state index < -0.39 is 5.60 Å². The summed E-state index contributed by atoms with van der Waals surface area (Å²) < 4.78 is 2.36. The molecule has 0 fully saturated rings. The highest BCUT2D eigenvalue weighted by Gasteiger charge is 2.14. The topological polar surface area (TPSA) is 42.2 Å². The Bertz CT molecular complexity index is 390. The summed E-state index contributed by atoms with van der Waals surface area (Å²) >= 11 is 3.31. The van der Waals surface area contributed by atoms with Crippen molar-refractivity contribution in [1.29, 1.82) is 0 Å². The SMILES string of the molecule is Cc1cc(Br)cn(CC(C)(C)O)c1=O. The molecule has 0 saturated carbocycles. The Morgan fingerprint density at radius 1 is 1.57 bits per heavy atom. The minimum absolute atomic E-state index is 0.0599. The number of nitrogens with zero attached hydrogens (tertiary/aromatic N) is 1. The second-order valence-electron chi connectivity index (χ2n) is 4.09. The van der Waals surface area contributed by atoms with Crippen molar-refractivity contribution in [3.63, 3.8) is 0 Å². The summed E-state index contributed by atoms with van der Waals surface area (Å²) in [5.41, 5.74) is -0.268. The molecule has 3 nitrogen and oxygen atoms in total. The molecular weight excluding hydrogens is 246 g/mol. The first kappa shape index (κ1) is 11.5. The van der Waals surface area contributed by atoms with Crippen molar-refractivity contribution in [3.8, 4) is 0 Å². The van der Waals surface area contributed by atoms with Crippen molar-refractivity contribution in [1.82, 2.24) is 4.57 Å². The van der Waals surface area contributed by atoms with E-state index in [1.807, 2.05) is 0 Å². The zero-order valence-electron chi connectivity index (χ0n) is 8.54. The molecule has 1 aromatic rings. The molecule has 0 saturated heterocycles. The maximum Gasteiger partial charge on any atom is 0.253 e. The average Bonchev–Trinajstić information content (AvgIpc) is 1.96. The summed E-state index contributed by atoms with van der Waals surface area (Å²) in [5, 5.41) is 9.60. The van der Waals surface area contributed by atoms with Gasteiger partial charge in [-0.3, -0.25) is 4.79 Å². The van der Waals surface area contributed by atoms with Gasteiger partial charge >= 0.3 is 0 Å². The van der Waals surface area contributed by atoms with E-state index in [9.17, 15) is 9.90 Å². The van der Waals surface area contributed by atoms with Crippen LogP contribution in [-0.4, -0.2) is 15.3 Å². The van der Waals surface area contributed by atoms with Gasteiger partial charge in [-0.1, -0.05) is 0 Å². The fourth-order valence-corrected chi connectivity index (χ4v) is 1.86. The van der Waals surface area contributed by atoms with E-state index in [2.05, 4.69) is 15.9 Å². The van der Waals surface area contributed by atoms with Gasteiger partial charge in [0.25, 0.3) is 5.56 Å². The van der Waals surface area contributed by atoms with Crippen LogP contribution in [0.2, 0.25) is 0 Å². The minimum Gasteiger partial charge on any atom is -0.389 e. The highest BCUT2D eigenvalue weighted by atomic mass is 79.9. The predicted molar refractivity (Wildman–Crippen MR) is 59.4 cm³/mol. The van der Waals surface area contributed by atoms with Gasteiger partial charge in [-0.05, 0) is 42.8 Å². The van der Waals surface area contributed by atoms with Crippen LogP contribution in [0.15, 0.2) is 21.5 Å². The number of halogens is 1. The van der Waals surface area contributed by atoms with Crippen molar-refractivity contribution in [2.75, 3.05) is 0 Å². The van der Waals surface area contributed by atoms with Gasteiger partial charge in [-0.25, -0.2) is 0 Å². The molecule has 0 aliphatic heterocycles. The van der Waals surface area contributed by atoms with E-state index in [-0.39, 0.29) is 5.56 Å². The van der Waals surface area contributed by atoms with Gasteiger partial charge in [-0.2, -0.15) is 0 Å². The fraction of sp³-hybridized carbons (Fsp3) is 0.500. The first-order valence-electron chi connectivity index (χ1n) is 4.38. The predicted octanol–water partition coefficient (Wildman–Crippen LogP) is 1.69. The molecule has 1 rings (SSSR count). The van der Waals surface area contributed by atoms with Crippen LogP contribution in [0.1, 0.15) is 19.4 Å². The smallest absolute Gasteiger partial charge is 0.253 e. The molecule has 1 N–H and O–H groups in total. The number of aliphatic hydroxyl groups is 1. The maximum absolute atomic E-state index is 11.6. The summed E-state index contributed by atoms with van der Waals surface area (Å²) in [6, 6.07) is 1.77. The number of rotatable bonds is 2. The fourth-order valence-electron chi connectivity index (χ4n) is 1.27. The molecule has 0 spiro atoms. The van der Waals surface area contributed by atoms with Crippen LogP contribution in [-0.2, 0) is 6.54 Å². The molecule has 4 heteroatoms. The van der Waals surface area contributed by atoms with Crippen molar-refractivity contribution in [3.05, 3.63) is 32.7 Å². The van der Waals surface area contributed by atoms with Gasteiger partial charge in [0, 0.05) is 16.2 Å². The van der Waals surface area contributed by atoms with Crippen LogP contribution in [0.4, 0.5) is 0 Å². The number of pyridine rings is 1. The molecule has 0 aromatic carbocycles. The normalized spacial score (nSPS) is 11.8. The molecule has 0 unspecified atom stereocenters. The Balaban J connectivity index is 3.16. The Morgan fingerprint density at radius 3 is 2.64 bits per heavy atom. The number of hydrogen-bond donors (Lipinski definition) is 1. The zero-order chi connectivity index (χ0) is 10.9. The third kappa shape index (κ3) is 2.96. The lowest BCUT2D eigenvalue weighted by Gasteiger charge is -2.19. The molecule has 0 aliphatic rings. The van der Waals surface area contributed by atoms with Gasteiger partial charge in [0.2, 0.25) is 0 Å². The van der Waals surface area contributed by atoms with Crippen LogP contribution in [0.5, 0.6) is 0 Å². The second-order valence-corrected chi connectivity index (χ2v) is 5.00. The van der Waals surface area contributed by atoms with Crippen molar-refractivity contribution < 1.29 is 5.11 Å². The molecule has 0 amide bonds. The quantitative estimate of drug-likeness (QED) is 0.879. The molecule has 1 aromatic heterocycles. The molecule has 14 heavy (non-hydrogen) atoms. The van der Waals surface area contributed by atoms with Gasteiger partial charge in [0.05, 0.1) is 12.1 Å². The van der Waals surface area contributed by atoms with Crippen molar-refractivity contribution in [2.24, 2.45) is 0 Å². The van der Waals surface area contributed by atoms with Crippen LogP contribution >= 0.6 is 15.9 Å². The van der Waals surface area contributed by atoms with Crippen LogP contribution in [0.3, 0.4) is 0 Å². The second kappa shape index (κ2) is 3.87. The maximum atomic E-state index is 11.6. The number of aromatic nitrogens is 1. The molecule has 78 valence electrons. The third-order valence-electron chi connectivity index (χ3n) is 1.79. The lowest BCUT2D eigenvalue weighted by molar-refractivity contribution is 0.0603. The molecular formula is C10H14BrNO2. The van der Waals surface area contributed by atoms with Gasteiger partial charge in [0.15, 0.2) is 0 Å². The van der Waals surface area contributed by atoms with Crippen LogP contribution < -0.4 is 5.56 Å². The lowest BCUT2D eigenvalue weighted by Crippen LogP contribution is -2.33. The highest BCUT2D eigenvalue weighted by Crippen LogP contribution is 2.10. The zero-order valence-corrected chi connectivity index (χ0v) is 10.1. The van der Waals surface area contributed by atoms with Crippen molar-refractivity contribution >= 4 is 15.9 Å². The largest absolute Gasteiger partial charge is 0.389 e. The molecule has 1 heterocycles. The average molecular weight is 260 g/mol. The van der Waals surface area contributed by atoms with Crippen LogP contribution in [0, 0.1) is 6.92 Å². The Kier molecular flexibility index (Phi) is 3.17. The summed E-state index contributed by atoms with van der Waals surface area (Å²) in [5.74, 6) is 0. The van der Waals surface area contributed by atoms with Gasteiger partial charge in [0.1, 0.15) is 0 Å². The Hall–Kier alpha value is -0.610. The highest BCUT2D eigenvalue weighted by molar-refractivity contribution is 9.10. The monoisotopic (exact) mass is 259 g/mol. The van der Waals surface area contributed by atoms with Gasteiger partial charge in [-0.15, -0.1) is 0 Å². The molecule has 0 atom stereocenters. The Labute approximate surface area is 91.5 Å². The summed E-state index contributed by atoms with van der Waals surface area (Å²) in [4.78, 5) is 11.6. The van der Waals surface area contributed by atoms with E-state index >= 15 is 0 Å². The third-order valence-corrected chi connectivity index (χ3v) is 2.22. The molecule has 0 bridgehead atoms. The first-order valence-corrected chi connectivity index (χ1v) is 5.18. The van der Waals surface area contributed by atoms with E-state index in [1.54, 1.807) is 33.0 Å². The molecule has 0 aliphatic carbocycles. The summed E-state index contributed by atoms with van der Waals surface area (Å²) in [6.07, 6.45) is 1.69. The van der Waals surface area contributed by atoms with Crippen LogP contribution in [0.25, 0.3) is 0 Å². The molecule has 0 radical (unpaired) electrons. The summed E-state index contributed by atoms with van der Waals surface area (Å²) in [7, 11) is 0. The van der Waals surface area contributed by atoms with Crippen molar-refractivity contribution in [2.45, 2.75) is 32.9 Å². The minimum atomic E-state index is -0.878. The van der Waals surface area contributed by atoms with E-state index in [0.717, 1.165) is 4.47 Å². The lowest BCUT2D eigenvalue weighted by atomic mass is 10.1. The van der Waals surface area contributed by atoms with E-state index in [4.69, 9.17) is 0 Å². The van der Waals surface area contributed by atoms with E-state index in [0.29, 0.717) is 12.1 Å². The first-order chi connectivity index (χ1) is 6.29.